The second kappa shape index (κ2) is 5.94. The first-order valence-corrected chi connectivity index (χ1v) is 8.19. The van der Waals surface area contributed by atoms with Gasteiger partial charge in [0, 0.05) is 11.9 Å². The van der Waals surface area contributed by atoms with E-state index in [9.17, 15) is 0 Å². The van der Waals surface area contributed by atoms with Gasteiger partial charge in [0.15, 0.2) is 0 Å². The number of piperidine rings is 1. The number of aryl methyl sites for hydroxylation is 2. The van der Waals surface area contributed by atoms with Crippen molar-refractivity contribution in [3.63, 3.8) is 0 Å². The monoisotopic (exact) mass is 302 g/mol. The first-order chi connectivity index (χ1) is 10.0. The zero-order valence-corrected chi connectivity index (χ0v) is 13.9. The number of hydrogen-bond donors (Lipinski definition) is 0. The largest absolute Gasteiger partial charge is 0.299 e. The molecule has 0 unspecified atom stereocenters. The van der Waals surface area contributed by atoms with E-state index in [1.54, 1.807) is 0 Å². The lowest BCUT2D eigenvalue weighted by Crippen LogP contribution is -2.32. The number of nitrogens with zero attached hydrogens (tertiary/aromatic N) is 2. The van der Waals surface area contributed by atoms with Gasteiger partial charge < -0.3 is 0 Å². The SMILES string of the molecule is Cc1cc(C)c2nc(Cl)cc(CN3CCC(C)CC3)c2c1. The van der Waals surface area contributed by atoms with Gasteiger partial charge in [0.05, 0.1) is 5.52 Å². The molecule has 0 spiro atoms. The zero-order valence-electron chi connectivity index (χ0n) is 13.1. The van der Waals surface area contributed by atoms with Gasteiger partial charge in [0.2, 0.25) is 0 Å². The second-order valence-electron chi connectivity index (χ2n) is 6.54. The van der Waals surface area contributed by atoms with Crippen LogP contribution in [-0.2, 0) is 6.54 Å². The van der Waals surface area contributed by atoms with Crippen LogP contribution < -0.4 is 0 Å². The molecule has 1 aromatic heterocycles. The fourth-order valence-corrected chi connectivity index (χ4v) is 3.52. The number of benzene rings is 1. The molecule has 2 aromatic rings. The van der Waals surface area contributed by atoms with E-state index in [1.165, 1.54) is 48.0 Å². The first-order valence-electron chi connectivity index (χ1n) is 7.81. The van der Waals surface area contributed by atoms with Crippen molar-refractivity contribution in [3.05, 3.63) is 40.0 Å². The molecular formula is C18H23ClN2. The molecule has 0 N–H and O–H groups in total. The van der Waals surface area contributed by atoms with E-state index in [4.69, 9.17) is 11.6 Å². The van der Waals surface area contributed by atoms with Crippen molar-refractivity contribution >= 4 is 22.5 Å². The van der Waals surface area contributed by atoms with Crippen LogP contribution in [0.2, 0.25) is 5.15 Å². The Labute approximate surface area is 132 Å². The van der Waals surface area contributed by atoms with Crippen molar-refractivity contribution in [2.24, 2.45) is 5.92 Å². The Kier molecular flexibility index (Phi) is 4.19. The predicted molar refractivity (Wildman–Crippen MR) is 89.9 cm³/mol. The van der Waals surface area contributed by atoms with Gasteiger partial charge in [-0.2, -0.15) is 0 Å². The summed E-state index contributed by atoms with van der Waals surface area (Å²) in [6.45, 7) is 9.97. The molecule has 112 valence electrons. The molecule has 1 aromatic carbocycles. The summed E-state index contributed by atoms with van der Waals surface area (Å²) in [6.07, 6.45) is 2.60. The van der Waals surface area contributed by atoms with Crippen LogP contribution in [0.15, 0.2) is 18.2 Å². The summed E-state index contributed by atoms with van der Waals surface area (Å²) in [5.41, 5.74) is 4.86. The molecular weight excluding hydrogens is 280 g/mol. The maximum absolute atomic E-state index is 6.25. The summed E-state index contributed by atoms with van der Waals surface area (Å²) in [6, 6.07) is 6.46. The average molecular weight is 303 g/mol. The third-order valence-electron chi connectivity index (χ3n) is 4.57. The van der Waals surface area contributed by atoms with Crippen LogP contribution in [0.25, 0.3) is 10.9 Å². The molecule has 21 heavy (non-hydrogen) atoms. The minimum absolute atomic E-state index is 0.606. The minimum Gasteiger partial charge on any atom is -0.299 e. The maximum atomic E-state index is 6.25. The lowest BCUT2D eigenvalue weighted by Gasteiger charge is -2.30. The Morgan fingerprint density at radius 1 is 1.19 bits per heavy atom. The Morgan fingerprint density at radius 2 is 1.90 bits per heavy atom. The molecule has 0 bridgehead atoms. The Morgan fingerprint density at radius 3 is 2.62 bits per heavy atom. The number of fused-ring (bicyclic) bond motifs is 1. The molecule has 3 heteroatoms. The fourth-order valence-electron chi connectivity index (χ4n) is 3.31. The van der Waals surface area contributed by atoms with E-state index in [1.807, 2.05) is 6.07 Å². The summed E-state index contributed by atoms with van der Waals surface area (Å²) in [4.78, 5) is 7.07. The van der Waals surface area contributed by atoms with Crippen LogP contribution in [-0.4, -0.2) is 23.0 Å². The first kappa shape index (κ1) is 14.8. The smallest absolute Gasteiger partial charge is 0.130 e. The van der Waals surface area contributed by atoms with E-state index < -0.39 is 0 Å². The summed E-state index contributed by atoms with van der Waals surface area (Å²) in [7, 11) is 0. The van der Waals surface area contributed by atoms with Crippen molar-refractivity contribution in [1.29, 1.82) is 0 Å². The molecule has 1 aliphatic heterocycles. The molecule has 0 saturated carbocycles. The van der Waals surface area contributed by atoms with E-state index in [0.717, 1.165) is 18.0 Å². The third-order valence-corrected chi connectivity index (χ3v) is 4.77. The normalized spacial score (nSPS) is 17.5. The fraction of sp³-hybridized carbons (Fsp3) is 0.500. The van der Waals surface area contributed by atoms with Crippen LogP contribution in [0, 0.1) is 19.8 Å². The highest BCUT2D eigenvalue weighted by Gasteiger charge is 2.17. The van der Waals surface area contributed by atoms with Crippen molar-refractivity contribution < 1.29 is 0 Å². The number of aromatic nitrogens is 1. The summed E-state index contributed by atoms with van der Waals surface area (Å²) in [5, 5.41) is 1.87. The lowest BCUT2D eigenvalue weighted by atomic mass is 9.98. The molecule has 3 rings (SSSR count). The number of halogens is 1. The lowest BCUT2D eigenvalue weighted by molar-refractivity contribution is 0.186. The van der Waals surface area contributed by atoms with Crippen LogP contribution in [0.3, 0.4) is 0 Å². The van der Waals surface area contributed by atoms with Crippen molar-refractivity contribution in [3.8, 4) is 0 Å². The van der Waals surface area contributed by atoms with E-state index in [-0.39, 0.29) is 0 Å². The summed E-state index contributed by atoms with van der Waals surface area (Å²) < 4.78 is 0. The van der Waals surface area contributed by atoms with Gasteiger partial charge in [0.25, 0.3) is 0 Å². The minimum atomic E-state index is 0.606. The molecule has 2 heterocycles. The van der Waals surface area contributed by atoms with E-state index in [2.05, 4.69) is 42.8 Å². The highest BCUT2D eigenvalue weighted by molar-refractivity contribution is 6.30. The van der Waals surface area contributed by atoms with Crippen LogP contribution >= 0.6 is 11.6 Å². The van der Waals surface area contributed by atoms with Gasteiger partial charge in [-0.05, 0) is 69.0 Å². The van der Waals surface area contributed by atoms with Crippen molar-refractivity contribution in [1.82, 2.24) is 9.88 Å². The number of likely N-dealkylation sites (tertiary alicyclic amines) is 1. The quantitative estimate of drug-likeness (QED) is 0.745. The maximum Gasteiger partial charge on any atom is 0.130 e. The average Bonchev–Trinajstić information content (AvgIpc) is 2.43. The molecule has 0 radical (unpaired) electrons. The Balaban J connectivity index is 1.97. The third kappa shape index (κ3) is 3.22. The van der Waals surface area contributed by atoms with E-state index >= 15 is 0 Å². The van der Waals surface area contributed by atoms with Crippen LogP contribution in [0.5, 0.6) is 0 Å². The summed E-state index contributed by atoms with van der Waals surface area (Å²) in [5.74, 6) is 0.864. The van der Waals surface area contributed by atoms with Crippen molar-refractivity contribution in [2.75, 3.05) is 13.1 Å². The molecule has 1 aliphatic rings. The Bertz CT molecular complexity index is 658. The van der Waals surface area contributed by atoms with Gasteiger partial charge in [-0.25, -0.2) is 4.98 Å². The second-order valence-corrected chi connectivity index (χ2v) is 6.93. The molecule has 1 fully saturated rings. The van der Waals surface area contributed by atoms with Crippen LogP contribution in [0.4, 0.5) is 0 Å². The predicted octanol–water partition coefficient (Wildman–Crippen LogP) is 4.74. The zero-order chi connectivity index (χ0) is 15.0. The number of hydrogen-bond acceptors (Lipinski definition) is 2. The van der Waals surface area contributed by atoms with Gasteiger partial charge >= 0.3 is 0 Å². The van der Waals surface area contributed by atoms with Gasteiger partial charge in [0.1, 0.15) is 5.15 Å². The summed E-state index contributed by atoms with van der Waals surface area (Å²) >= 11 is 6.25. The molecule has 0 aliphatic carbocycles. The number of rotatable bonds is 2. The van der Waals surface area contributed by atoms with Crippen molar-refractivity contribution in [2.45, 2.75) is 40.2 Å². The highest BCUT2D eigenvalue weighted by atomic mass is 35.5. The molecule has 0 atom stereocenters. The molecule has 2 nitrogen and oxygen atoms in total. The van der Waals surface area contributed by atoms with Gasteiger partial charge in [-0.3, -0.25) is 4.90 Å². The standard InChI is InChI=1S/C18H23ClN2/c1-12-4-6-21(7-5-12)11-15-10-17(19)20-18-14(3)8-13(2)9-16(15)18/h8-10,12H,4-7,11H2,1-3H3. The Hall–Kier alpha value is -1.12. The topological polar surface area (TPSA) is 16.1 Å². The van der Waals surface area contributed by atoms with E-state index in [0.29, 0.717) is 5.15 Å². The highest BCUT2D eigenvalue weighted by Crippen LogP contribution is 2.27. The molecule has 1 saturated heterocycles. The number of pyridine rings is 1. The van der Waals surface area contributed by atoms with Crippen LogP contribution in [0.1, 0.15) is 36.5 Å². The molecule has 0 amide bonds. The van der Waals surface area contributed by atoms with Gasteiger partial charge in [-0.1, -0.05) is 30.2 Å². The van der Waals surface area contributed by atoms with Gasteiger partial charge in [-0.15, -0.1) is 0 Å².